The number of rotatable bonds is 8. The monoisotopic (exact) mass is 400 g/mol. The summed E-state index contributed by atoms with van der Waals surface area (Å²) in [5.41, 5.74) is 3.35. The van der Waals surface area contributed by atoms with Gasteiger partial charge in [0, 0.05) is 29.1 Å². The van der Waals surface area contributed by atoms with Gasteiger partial charge in [-0.3, -0.25) is 0 Å². The lowest BCUT2D eigenvalue weighted by atomic mass is 10.0. The van der Waals surface area contributed by atoms with Crippen molar-refractivity contribution in [1.82, 2.24) is 15.0 Å². The van der Waals surface area contributed by atoms with Crippen molar-refractivity contribution in [1.29, 1.82) is 0 Å². The molecule has 3 rings (SSSR count). The van der Waals surface area contributed by atoms with E-state index in [4.69, 9.17) is 10.1 Å². The topological polar surface area (TPSA) is 73.8 Å². The number of nitrogens with one attached hydrogen (secondary N) is 2. The smallest absolute Gasteiger partial charge is 0.166 e. The lowest BCUT2D eigenvalue weighted by Crippen LogP contribution is -2.22. The number of aliphatic hydroxyl groups is 1. The predicted molar refractivity (Wildman–Crippen MR) is 113 cm³/mol. The summed E-state index contributed by atoms with van der Waals surface area (Å²) < 4.78 is 13.4. The van der Waals surface area contributed by atoms with Gasteiger partial charge < -0.3 is 15.4 Å². The molecule has 0 spiro atoms. The second-order valence-corrected chi connectivity index (χ2v) is 8.03. The zero-order valence-corrected chi connectivity index (χ0v) is 17.1. The molecule has 3 N–H and O–H groups in total. The molecule has 0 bridgehead atoms. The van der Waals surface area contributed by atoms with E-state index in [9.17, 15) is 4.39 Å². The van der Waals surface area contributed by atoms with E-state index in [0.29, 0.717) is 16.8 Å². The van der Waals surface area contributed by atoms with Gasteiger partial charge in [0.1, 0.15) is 11.6 Å². The van der Waals surface area contributed by atoms with E-state index in [1.807, 2.05) is 12.1 Å². The van der Waals surface area contributed by atoms with Crippen LogP contribution in [-0.4, -0.2) is 38.5 Å². The van der Waals surface area contributed by atoms with Gasteiger partial charge in [-0.25, -0.2) is 14.4 Å². The predicted octanol–water partition coefficient (Wildman–Crippen LogP) is 4.82. The van der Waals surface area contributed by atoms with Crippen molar-refractivity contribution in [2.24, 2.45) is 5.92 Å². The molecular formula is C21H25FN4OS. The molecule has 3 aromatic rings. The van der Waals surface area contributed by atoms with Gasteiger partial charge in [0.25, 0.3) is 0 Å². The van der Waals surface area contributed by atoms with E-state index in [-0.39, 0.29) is 18.5 Å². The first-order valence-electron chi connectivity index (χ1n) is 9.30. The Balaban J connectivity index is 2.00. The van der Waals surface area contributed by atoms with E-state index in [2.05, 4.69) is 36.1 Å². The van der Waals surface area contributed by atoms with E-state index in [1.165, 1.54) is 23.9 Å². The molecule has 0 aliphatic carbocycles. The van der Waals surface area contributed by atoms with Crippen molar-refractivity contribution in [3.05, 3.63) is 48.4 Å². The number of H-pyrrole nitrogens is 1. The lowest BCUT2D eigenvalue weighted by molar-refractivity contribution is 0.322. The van der Waals surface area contributed by atoms with Gasteiger partial charge in [0.15, 0.2) is 5.16 Å². The van der Waals surface area contributed by atoms with Gasteiger partial charge in [-0.05, 0) is 49.2 Å². The molecular weight excluding hydrogens is 375 g/mol. The number of hydrogen-bond donors (Lipinski definition) is 3. The molecule has 148 valence electrons. The number of pyridine rings is 1. The maximum absolute atomic E-state index is 13.4. The van der Waals surface area contributed by atoms with Crippen LogP contribution in [0.2, 0.25) is 0 Å². The van der Waals surface area contributed by atoms with E-state index < -0.39 is 0 Å². The molecule has 2 aromatic heterocycles. The minimum atomic E-state index is -0.280. The van der Waals surface area contributed by atoms with Crippen molar-refractivity contribution in [3.8, 4) is 22.5 Å². The number of nitrogens with zero attached hydrogens (tertiary/aromatic N) is 2. The number of aromatic amines is 1. The van der Waals surface area contributed by atoms with Crippen molar-refractivity contribution in [2.75, 3.05) is 17.7 Å². The third-order valence-electron chi connectivity index (χ3n) is 4.55. The summed E-state index contributed by atoms with van der Waals surface area (Å²) in [7, 11) is 0. The highest BCUT2D eigenvalue weighted by Crippen LogP contribution is 2.33. The normalized spacial score (nSPS) is 12.4. The zero-order chi connectivity index (χ0) is 20.1. The fourth-order valence-corrected chi connectivity index (χ4v) is 3.27. The molecule has 1 atom stereocenters. The van der Waals surface area contributed by atoms with Crippen LogP contribution in [-0.2, 0) is 0 Å². The Bertz CT molecular complexity index is 911. The van der Waals surface area contributed by atoms with Gasteiger partial charge >= 0.3 is 0 Å². The Kier molecular flexibility index (Phi) is 6.70. The van der Waals surface area contributed by atoms with Crippen molar-refractivity contribution in [3.63, 3.8) is 0 Å². The number of imidazole rings is 1. The van der Waals surface area contributed by atoms with Gasteiger partial charge in [-0.15, -0.1) is 0 Å². The highest BCUT2D eigenvalue weighted by Gasteiger charge is 2.16. The number of thioether (sulfide) groups is 1. The highest BCUT2D eigenvalue weighted by atomic mass is 32.2. The van der Waals surface area contributed by atoms with Crippen LogP contribution < -0.4 is 5.32 Å². The van der Waals surface area contributed by atoms with Gasteiger partial charge in [0.05, 0.1) is 18.0 Å². The van der Waals surface area contributed by atoms with Gasteiger partial charge in [0.2, 0.25) is 0 Å². The highest BCUT2D eigenvalue weighted by molar-refractivity contribution is 7.99. The quantitative estimate of drug-likeness (QED) is 0.473. The molecule has 0 amide bonds. The Morgan fingerprint density at radius 3 is 2.57 bits per heavy atom. The van der Waals surface area contributed by atoms with Crippen molar-refractivity contribution >= 4 is 17.6 Å². The molecule has 0 saturated heterocycles. The summed E-state index contributed by atoms with van der Waals surface area (Å²) in [6.45, 7) is 6.52. The van der Waals surface area contributed by atoms with Gasteiger partial charge in [-0.1, -0.05) is 25.6 Å². The molecule has 2 heterocycles. The minimum Gasteiger partial charge on any atom is -0.396 e. The minimum absolute atomic E-state index is 0.0724. The summed E-state index contributed by atoms with van der Waals surface area (Å²) in [6, 6.07) is 10.5. The SMILES string of the molecule is CC(C)[C@@H](C)Nc1cc(-c2nc(SCCO)[nH]c2-c2ccc(F)cc2)ccn1. The molecule has 0 aliphatic heterocycles. The molecule has 0 unspecified atom stereocenters. The average molecular weight is 401 g/mol. The summed E-state index contributed by atoms with van der Waals surface area (Å²) in [5.74, 6) is 1.53. The standard InChI is InChI=1S/C21H25FN4OS/c1-13(2)14(3)24-18-12-16(8-9-23-18)20-19(15-4-6-17(22)7-5-15)25-21(26-20)28-11-10-27/h4-9,12-14,27H,10-11H2,1-3H3,(H,23,24)(H,25,26)/t14-/m1/s1. The third kappa shape index (κ3) is 4.91. The molecule has 1 aromatic carbocycles. The maximum Gasteiger partial charge on any atom is 0.166 e. The second kappa shape index (κ2) is 9.21. The number of hydrogen-bond acceptors (Lipinski definition) is 5. The van der Waals surface area contributed by atoms with Crippen molar-refractivity contribution in [2.45, 2.75) is 32.0 Å². The molecule has 0 aliphatic rings. The number of anilines is 1. The van der Waals surface area contributed by atoms with E-state index in [0.717, 1.165) is 28.3 Å². The number of aromatic nitrogens is 3. The van der Waals surface area contributed by atoms with Crippen LogP contribution >= 0.6 is 11.8 Å². The fourth-order valence-electron chi connectivity index (χ4n) is 2.65. The first-order chi connectivity index (χ1) is 13.5. The van der Waals surface area contributed by atoms with Gasteiger partial charge in [-0.2, -0.15) is 0 Å². The molecule has 7 heteroatoms. The van der Waals surface area contributed by atoms with E-state index >= 15 is 0 Å². The second-order valence-electron chi connectivity index (χ2n) is 6.95. The first-order valence-corrected chi connectivity index (χ1v) is 10.3. The van der Waals surface area contributed by atoms with Crippen LogP contribution in [0.3, 0.4) is 0 Å². The number of benzene rings is 1. The maximum atomic E-state index is 13.4. The van der Waals surface area contributed by atoms with Crippen LogP contribution in [0.15, 0.2) is 47.8 Å². The third-order valence-corrected chi connectivity index (χ3v) is 5.41. The first kappa shape index (κ1) is 20.4. The number of halogens is 1. The van der Waals surface area contributed by atoms with Crippen LogP contribution in [0.5, 0.6) is 0 Å². The number of aliphatic hydroxyl groups excluding tert-OH is 1. The summed E-state index contributed by atoms with van der Waals surface area (Å²) in [5, 5.41) is 13.2. The molecule has 0 fully saturated rings. The Morgan fingerprint density at radius 2 is 1.89 bits per heavy atom. The molecule has 0 radical (unpaired) electrons. The van der Waals surface area contributed by atoms with Crippen molar-refractivity contribution < 1.29 is 9.50 Å². The Labute approximate surface area is 168 Å². The summed E-state index contributed by atoms with van der Waals surface area (Å²) in [4.78, 5) is 12.4. The Morgan fingerprint density at radius 1 is 1.14 bits per heavy atom. The van der Waals surface area contributed by atoms with E-state index in [1.54, 1.807) is 18.3 Å². The average Bonchev–Trinajstić information content (AvgIpc) is 3.11. The largest absolute Gasteiger partial charge is 0.396 e. The Hall–Kier alpha value is -2.38. The van der Waals surface area contributed by atoms with Crippen LogP contribution in [0.4, 0.5) is 10.2 Å². The molecule has 0 saturated carbocycles. The summed E-state index contributed by atoms with van der Waals surface area (Å²) >= 11 is 1.44. The van der Waals surface area contributed by atoms with Crippen LogP contribution in [0.25, 0.3) is 22.5 Å². The summed E-state index contributed by atoms with van der Waals surface area (Å²) in [6.07, 6.45) is 1.76. The lowest BCUT2D eigenvalue weighted by Gasteiger charge is -2.18. The molecule has 28 heavy (non-hydrogen) atoms. The zero-order valence-electron chi connectivity index (χ0n) is 16.2. The van der Waals surface area contributed by atoms with Crippen LogP contribution in [0, 0.1) is 11.7 Å². The fraction of sp³-hybridized carbons (Fsp3) is 0.333. The van der Waals surface area contributed by atoms with Crippen LogP contribution in [0.1, 0.15) is 20.8 Å². The molecule has 5 nitrogen and oxygen atoms in total.